The van der Waals surface area contributed by atoms with Crippen LogP contribution in [-0.2, 0) is 0 Å². The smallest absolute Gasteiger partial charge is 0.404 e. The number of hydrogen-bond donors (Lipinski definition) is 0. The highest BCUT2D eigenvalue weighted by Gasteiger charge is 2.32. The van der Waals surface area contributed by atoms with Crippen LogP contribution in [0.25, 0.3) is 10.2 Å². The van der Waals surface area contributed by atoms with Gasteiger partial charge in [0.15, 0.2) is 0 Å². The van der Waals surface area contributed by atoms with Crippen molar-refractivity contribution in [3.8, 4) is 5.75 Å². The van der Waals surface area contributed by atoms with Crippen LogP contribution in [0.4, 0.5) is 13.2 Å². The molecule has 0 amide bonds. The molecule has 0 atom stereocenters. The van der Waals surface area contributed by atoms with Crippen LogP contribution in [0.1, 0.15) is 0 Å². The predicted molar refractivity (Wildman–Crippen MR) is 51.3 cm³/mol. The van der Waals surface area contributed by atoms with E-state index < -0.39 is 12.1 Å². The Kier molecular flexibility index (Phi) is 2.47. The summed E-state index contributed by atoms with van der Waals surface area (Å²) in [4.78, 5) is 3.91. The van der Waals surface area contributed by atoms with Gasteiger partial charge in [-0.25, -0.2) is 4.98 Å². The lowest BCUT2D eigenvalue weighted by molar-refractivity contribution is -0.274. The number of rotatable bonds is 1. The van der Waals surface area contributed by atoms with Gasteiger partial charge in [0.05, 0.1) is 20.7 Å². The van der Waals surface area contributed by atoms with Gasteiger partial charge < -0.3 is 4.74 Å². The van der Waals surface area contributed by atoms with Crippen molar-refractivity contribution < 1.29 is 17.9 Å². The molecule has 15 heavy (non-hydrogen) atoms. The highest BCUT2D eigenvalue weighted by molar-refractivity contribution is 7.16. The third kappa shape index (κ3) is 2.32. The van der Waals surface area contributed by atoms with E-state index in [2.05, 4.69) is 9.72 Å². The molecule has 0 saturated carbocycles. The van der Waals surface area contributed by atoms with Crippen LogP contribution in [-0.4, -0.2) is 11.3 Å². The van der Waals surface area contributed by atoms with E-state index in [1.165, 1.54) is 29.0 Å². The summed E-state index contributed by atoms with van der Waals surface area (Å²) in [5.74, 6) is -0.402. The second-order valence-corrected chi connectivity index (χ2v) is 3.94. The number of hydrogen-bond acceptors (Lipinski definition) is 3. The van der Waals surface area contributed by atoms with Gasteiger partial charge in [-0.15, -0.1) is 24.5 Å². The second kappa shape index (κ2) is 3.53. The molecular weight excluding hydrogens is 251 g/mol. The fraction of sp³-hybridized carbons (Fsp3) is 0.125. The van der Waals surface area contributed by atoms with Gasteiger partial charge in [0.2, 0.25) is 0 Å². The van der Waals surface area contributed by atoms with Crippen molar-refractivity contribution in [1.29, 1.82) is 0 Å². The van der Waals surface area contributed by atoms with Crippen LogP contribution in [0.15, 0.2) is 17.6 Å². The first-order valence-electron chi connectivity index (χ1n) is 3.74. The zero-order valence-electron chi connectivity index (χ0n) is 7.01. The zero-order chi connectivity index (χ0) is 11.1. The van der Waals surface area contributed by atoms with E-state index in [1.807, 2.05) is 0 Å². The zero-order valence-corrected chi connectivity index (χ0v) is 8.58. The van der Waals surface area contributed by atoms with Gasteiger partial charge in [-0.05, 0) is 6.07 Å². The van der Waals surface area contributed by atoms with Crippen molar-refractivity contribution in [1.82, 2.24) is 4.98 Å². The Balaban J connectivity index is 2.46. The minimum atomic E-state index is -4.73. The molecule has 0 spiro atoms. The normalized spacial score (nSPS) is 12.0. The maximum absolute atomic E-state index is 12.0. The highest BCUT2D eigenvalue weighted by atomic mass is 35.5. The molecular formula is C8H3ClF3NOS. The number of thiazole rings is 1. The van der Waals surface area contributed by atoms with Gasteiger partial charge >= 0.3 is 6.36 Å². The highest BCUT2D eigenvalue weighted by Crippen LogP contribution is 2.34. The topological polar surface area (TPSA) is 22.1 Å². The molecule has 0 fully saturated rings. The first kappa shape index (κ1) is 10.5. The van der Waals surface area contributed by atoms with E-state index in [4.69, 9.17) is 11.6 Å². The first-order valence-corrected chi connectivity index (χ1v) is 5.00. The molecule has 2 aromatic rings. The molecule has 80 valence electrons. The van der Waals surface area contributed by atoms with Crippen molar-refractivity contribution in [3.63, 3.8) is 0 Å². The number of alkyl halides is 3. The molecule has 0 N–H and O–H groups in total. The van der Waals surface area contributed by atoms with E-state index in [0.29, 0.717) is 10.2 Å². The molecule has 0 bridgehead atoms. The maximum Gasteiger partial charge on any atom is 0.573 e. The molecule has 0 aliphatic heterocycles. The van der Waals surface area contributed by atoms with Crippen molar-refractivity contribution in [2.75, 3.05) is 0 Å². The monoisotopic (exact) mass is 253 g/mol. The second-order valence-electron chi connectivity index (χ2n) is 2.65. The summed E-state index contributed by atoms with van der Waals surface area (Å²) in [5, 5.41) is -0.106. The van der Waals surface area contributed by atoms with Crippen LogP contribution in [0, 0.1) is 0 Å². The molecule has 7 heteroatoms. The van der Waals surface area contributed by atoms with E-state index in [1.54, 1.807) is 0 Å². The lowest BCUT2D eigenvalue weighted by Gasteiger charge is -2.09. The molecule has 0 radical (unpaired) electrons. The van der Waals surface area contributed by atoms with Gasteiger partial charge in [0, 0.05) is 6.07 Å². The molecule has 0 unspecified atom stereocenters. The Labute approximate surface area is 91.3 Å². The quantitative estimate of drug-likeness (QED) is 0.770. The van der Waals surface area contributed by atoms with Gasteiger partial charge in [-0.2, -0.15) is 0 Å². The molecule has 0 aliphatic rings. The molecule has 1 aromatic carbocycles. The minimum absolute atomic E-state index is 0.106. The van der Waals surface area contributed by atoms with Crippen LogP contribution in [0.3, 0.4) is 0 Å². The van der Waals surface area contributed by atoms with E-state index in [0.717, 1.165) is 0 Å². The van der Waals surface area contributed by atoms with Gasteiger partial charge in [0.1, 0.15) is 5.75 Å². The lowest BCUT2D eigenvalue weighted by atomic mass is 10.3. The molecule has 1 heterocycles. The van der Waals surface area contributed by atoms with E-state index in [9.17, 15) is 13.2 Å². The number of ether oxygens (including phenoxy) is 1. The fourth-order valence-electron chi connectivity index (χ4n) is 1.06. The fourth-order valence-corrected chi connectivity index (χ4v) is 1.95. The Morgan fingerprint density at radius 2 is 2.07 bits per heavy atom. The van der Waals surface area contributed by atoms with Crippen molar-refractivity contribution >= 4 is 33.2 Å². The predicted octanol–water partition coefficient (Wildman–Crippen LogP) is 3.85. The molecule has 1 aromatic heterocycles. The number of nitrogens with zero attached hydrogens (tertiary/aromatic N) is 1. The van der Waals surface area contributed by atoms with Gasteiger partial charge in [-0.3, -0.25) is 0 Å². The summed E-state index contributed by atoms with van der Waals surface area (Å²) in [5.41, 5.74) is 2.08. The number of halogens is 4. The Morgan fingerprint density at radius 1 is 1.33 bits per heavy atom. The SMILES string of the molecule is FC(F)(F)Oc1cc2scnc2cc1Cl. The van der Waals surface area contributed by atoms with Crippen LogP contribution in [0.5, 0.6) is 5.75 Å². The van der Waals surface area contributed by atoms with Crippen LogP contribution >= 0.6 is 22.9 Å². The van der Waals surface area contributed by atoms with Crippen LogP contribution < -0.4 is 4.74 Å². The Hall–Kier alpha value is -1.01. The van der Waals surface area contributed by atoms with Crippen molar-refractivity contribution in [3.05, 3.63) is 22.7 Å². The number of fused-ring (bicyclic) bond motifs is 1. The Morgan fingerprint density at radius 3 is 2.73 bits per heavy atom. The average molecular weight is 254 g/mol. The molecule has 0 aliphatic carbocycles. The summed E-state index contributed by atoms with van der Waals surface area (Å²) in [6.07, 6.45) is -4.73. The molecule has 2 rings (SSSR count). The lowest BCUT2D eigenvalue weighted by Crippen LogP contribution is -2.17. The summed E-state index contributed by atoms with van der Waals surface area (Å²) >= 11 is 6.82. The Bertz CT molecular complexity index is 496. The van der Waals surface area contributed by atoms with Gasteiger partial charge in [-0.1, -0.05) is 11.6 Å². The third-order valence-electron chi connectivity index (χ3n) is 1.61. The molecule has 0 saturated heterocycles. The standard InChI is InChI=1S/C8H3ClF3NOS/c9-4-1-5-7(15-3-13-5)2-6(4)14-8(10,11)12/h1-3H. The van der Waals surface area contributed by atoms with Crippen molar-refractivity contribution in [2.45, 2.75) is 6.36 Å². The average Bonchev–Trinajstić information content (AvgIpc) is 2.49. The minimum Gasteiger partial charge on any atom is -0.404 e. The number of aromatic nitrogens is 1. The first-order chi connectivity index (χ1) is 6.96. The molecule has 2 nitrogen and oxygen atoms in total. The van der Waals surface area contributed by atoms with E-state index >= 15 is 0 Å². The summed E-state index contributed by atoms with van der Waals surface area (Å²) in [6.45, 7) is 0. The largest absolute Gasteiger partial charge is 0.573 e. The van der Waals surface area contributed by atoms with E-state index in [-0.39, 0.29) is 5.02 Å². The maximum atomic E-state index is 12.0. The number of benzene rings is 1. The van der Waals surface area contributed by atoms with Crippen molar-refractivity contribution in [2.24, 2.45) is 0 Å². The summed E-state index contributed by atoms with van der Waals surface area (Å²) < 4.78 is 40.2. The van der Waals surface area contributed by atoms with Gasteiger partial charge in [0.25, 0.3) is 0 Å². The third-order valence-corrected chi connectivity index (χ3v) is 2.70. The van der Waals surface area contributed by atoms with Crippen LogP contribution in [0.2, 0.25) is 5.02 Å². The summed E-state index contributed by atoms with van der Waals surface area (Å²) in [7, 11) is 0. The summed E-state index contributed by atoms with van der Waals surface area (Å²) in [6, 6.07) is 2.57.